The Balaban J connectivity index is 1.90. The molecule has 1 amide bonds. The Morgan fingerprint density at radius 3 is 2.54 bits per heavy atom. The van der Waals surface area contributed by atoms with E-state index in [1.54, 1.807) is 49.6 Å². The van der Waals surface area contributed by atoms with Crippen LogP contribution in [-0.4, -0.2) is 46.0 Å². The fraction of sp³-hybridized carbons (Fsp3) is 0.250. The molecule has 2 aromatic rings. The lowest BCUT2D eigenvalue weighted by molar-refractivity contribution is -0.142. The highest BCUT2D eigenvalue weighted by molar-refractivity contribution is 5.83. The molecule has 0 atom stereocenters. The van der Waals surface area contributed by atoms with Gasteiger partial charge in [-0.05, 0) is 35.4 Å². The highest BCUT2D eigenvalue weighted by Crippen LogP contribution is 2.27. The monoisotopic (exact) mass is 386 g/mol. The third-order valence-corrected chi connectivity index (χ3v) is 3.66. The van der Waals surface area contributed by atoms with E-state index < -0.39 is 5.97 Å². The van der Waals surface area contributed by atoms with Crippen molar-refractivity contribution in [1.29, 1.82) is 0 Å². The molecule has 2 aromatic carbocycles. The minimum absolute atomic E-state index is 0.139. The van der Waals surface area contributed by atoms with Gasteiger partial charge in [0.2, 0.25) is 5.91 Å². The van der Waals surface area contributed by atoms with Crippen LogP contribution < -0.4 is 19.6 Å². The van der Waals surface area contributed by atoms with Crippen molar-refractivity contribution in [2.45, 2.75) is 6.42 Å². The van der Waals surface area contributed by atoms with E-state index in [1.165, 1.54) is 20.4 Å². The molecule has 0 fully saturated rings. The SMILES string of the molecule is COC(=O)COc1cccc(/C=N/NC(=O)Cc2ccc(OC)c(OC)c2)c1. The van der Waals surface area contributed by atoms with Crippen molar-refractivity contribution < 1.29 is 28.5 Å². The Labute approximate surface area is 163 Å². The summed E-state index contributed by atoms with van der Waals surface area (Å²) in [5.74, 6) is 0.896. The summed E-state index contributed by atoms with van der Waals surface area (Å²) in [5, 5.41) is 3.94. The van der Waals surface area contributed by atoms with Crippen LogP contribution in [0.5, 0.6) is 17.2 Å². The van der Waals surface area contributed by atoms with Gasteiger partial charge < -0.3 is 18.9 Å². The van der Waals surface area contributed by atoms with Gasteiger partial charge in [-0.3, -0.25) is 4.79 Å². The smallest absolute Gasteiger partial charge is 0.343 e. The van der Waals surface area contributed by atoms with E-state index in [-0.39, 0.29) is 18.9 Å². The van der Waals surface area contributed by atoms with Crippen LogP contribution in [0.15, 0.2) is 47.6 Å². The molecule has 0 saturated carbocycles. The molecule has 0 bridgehead atoms. The standard InChI is InChI=1S/C20H22N2O6/c1-25-17-8-7-14(10-18(17)26-2)11-19(23)22-21-12-15-5-4-6-16(9-15)28-13-20(24)27-3/h4-10,12H,11,13H2,1-3H3,(H,22,23)/b21-12+. The maximum atomic E-state index is 12.1. The Kier molecular flexibility index (Phi) is 7.83. The Morgan fingerprint density at radius 1 is 1.04 bits per heavy atom. The number of amides is 1. The molecule has 0 aliphatic carbocycles. The van der Waals surface area contributed by atoms with Crippen molar-refractivity contribution in [2.75, 3.05) is 27.9 Å². The Morgan fingerprint density at radius 2 is 1.82 bits per heavy atom. The summed E-state index contributed by atoms with van der Waals surface area (Å²) >= 11 is 0. The first kappa shape index (κ1) is 20.8. The molecule has 0 spiro atoms. The summed E-state index contributed by atoms with van der Waals surface area (Å²) in [7, 11) is 4.38. The van der Waals surface area contributed by atoms with Gasteiger partial charge in [-0.1, -0.05) is 18.2 Å². The average molecular weight is 386 g/mol. The van der Waals surface area contributed by atoms with Gasteiger partial charge >= 0.3 is 5.97 Å². The van der Waals surface area contributed by atoms with Crippen LogP contribution >= 0.6 is 0 Å². The molecule has 28 heavy (non-hydrogen) atoms. The number of hydrogen-bond donors (Lipinski definition) is 1. The van der Waals surface area contributed by atoms with E-state index in [2.05, 4.69) is 15.3 Å². The normalized spacial score (nSPS) is 10.4. The number of rotatable bonds is 9. The van der Waals surface area contributed by atoms with Gasteiger partial charge in [0.25, 0.3) is 0 Å². The summed E-state index contributed by atoms with van der Waals surface area (Å²) < 4.78 is 20.2. The predicted octanol–water partition coefficient (Wildman–Crippen LogP) is 1.95. The zero-order chi connectivity index (χ0) is 20.4. The minimum atomic E-state index is -0.471. The third kappa shape index (κ3) is 6.31. The highest BCUT2D eigenvalue weighted by atomic mass is 16.6. The van der Waals surface area contributed by atoms with E-state index in [9.17, 15) is 9.59 Å². The zero-order valence-corrected chi connectivity index (χ0v) is 15.9. The van der Waals surface area contributed by atoms with Crippen LogP contribution in [0.4, 0.5) is 0 Å². The van der Waals surface area contributed by atoms with Crippen molar-refractivity contribution in [3.05, 3.63) is 53.6 Å². The number of methoxy groups -OCH3 is 3. The number of carbonyl (C=O) groups excluding carboxylic acids is 2. The van der Waals surface area contributed by atoms with Crippen molar-refractivity contribution >= 4 is 18.1 Å². The second kappa shape index (κ2) is 10.6. The number of benzene rings is 2. The molecule has 0 unspecified atom stereocenters. The summed E-state index contributed by atoms with van der Waals surface area (Å²) in [6, 6.07) is 12.2. The highest BCUT2D eigenvalue weighted by Gasteiger charge is 2.08. The zero-order valence-electron chi connectivity index (χ0n) is 15.9. The van der Waals surface area contributed by atoms with Gasteiger partial charge in [0, 0.05) is 0 Å². The van der Waals surface area contributed by atoms with Crippen molar-refractivity contribution in [3.63, 3.8) is 0 Å². The molecular formula is C20H22N2O6. The molecule has 0 aromatic heterocycles. The summed E-state index contributed by atoms with van der Waals surface area (Å²) in [6.07, 6.45) is 1.62. The van der Waals surface area contributed by atoms with Gasteiger partial charge in [-0.2, -0.15) is 5.10 Å². The molecule has 0 aliphatic heterocycles. The molecule has 0 heterocycles. The van der Waals surface area contributed by atoms with Gasteiger partial charge in [-0.25, -0.2) is 10.2 Å². The number of carbonyl (C=O) groups is 2. The number of hydrazone groups is 1. The summed E-state index contributed by atoms with van der Waals surface area (Å²) in [4.78, 5) is 23.2. The first-order valence-electron chi connectivity index (χ1n) is 8.38. The number of esters is 1. The van der Waals surface area contributed by atoms with Gasteiger partial charge in [-0.15, -0.1) is 0 Å². The van der Waals surface area contributed by atoms with Crippen LogP contribution in [0.2, 0.25) is 0 Å². The van der Waals surface area contributed by atoms with Crippen molar-refractivity contribution in [2.24, 2.45) is 5.10 Å². The Hall–Kier alpha value is -3.55. The molecule has 148 valence electrons. The number of ether oxygens (including phenoxy) is 4. The van der Waals surface area contributed by atoms with Gasteiger partial charge in [0.15, 0.2) is 18.1 Å². The fourth-order valence-electron chi connectivity index (χ4n) is 2.28. The maximum absolute atomic E-state index is 12.1. The largest absolute Gasteiger partial charge is 0.493 e. The lowest BCUT2D eigenvalue weighted by atomic mass is 10.1. The number of nitrogens with zero attached hydrogens (tertiary/aromatic N) is 1. The lowest BCUT2D eigenvalue weighted by Crippen LogP contribution is -2.19. The first-order valence-corrected chi connectivity index (χ1v) is 8.38. The molecule has 8 nitrogen and oxygen atoms in total. The van der Waals surface area contributed by atoms with Crippen LogP contribution in [0.1, 0.15) is 11.1 Å². The van der Waals surface area contributed by atoms with E-state index in [0.717, 1.165) is 5.56 Å². The van der Waals surface area contributed by atoms with Crippen LogP contribution in [0.3, 0.4) is 0 Å². The molecule has 0 saturated heterocycles. The maximum Gasteiger partial charge on any atom is 0.343 e. The Bertz CT molecular complexity index is 850. The fourth-order valence-corrected chi connectivity index (χ4v) is 2.28. The average Bonchev–Trinajstić information content (AvgIpc) is 2.72. The van der Waals surface area contributed by atoms with E-state index in [4.69, 9.17) is 14.2 Å². The third-order valence-electron chi connectivity index (χ3n) is 3.66. The minimum Gasteiger partial charge on any atom is -0.493 e. The van der Waals surface area contributed by atoms with Crippen molar-refractivity contribution in [3.8, 4) is 17.2 Å². The molecule has 2 rings (SSSR count). The molecule has 8 heteroatoms. The predicted molar refractivity (Wildman–Crippen MR) is 103 cm³/mol. The van der Waals surface area contributed by atoms with Crippen LogP contribution in [0, 0.1) is 0 Å². The first-order chi connectivity index (χ1) is 13.5. The van der Waals surface area contributed by atoms with E-state index >= 15 is 0 Å². The molecule has 1 N–H and O–H groups in total. The molecule has 0 aliphatic rings. The van der Waals surface area contributed by atoms with Gasteiger partial charge in [0.05, 0.1) is 34.0 Å². The molecule has 0 radical (unpaired) electrons. The molecular weight excluding hydrogens is 364 g/mol. The topological polar surface area (TPSA) is 95.5 Å². The quantitative estimate of drug-likeness (QED) is 0.402. The van der Waals surface area contributed by atoms with Crippen LogP contribution in [0.25, 0.3) is 0 Å². The second-order valence-electron chi connectivity index (χ2n) is 5.60. The number of hydrogen-bond acceptors (Lipinski definition) is 7. The van der Waals surface area contributed by atoms with E-state index in [1.807, 2.05) is 0 Å². The number of nitrogens with one attached hydrogen (secondary N) is 1. The summed E-state index contributed by atoms with van der Waals surface area (Å²) in [5.41, 5.74) is 3.94. The summed E-state index contributed by atoms with van der Waals surface area (Å²) in [6.45, 7) is -0.181. The van der Waals surface area contributed by atoms with Crippen LogP contribution in [-0.2, 0) is 20.7 Å². The second-order valence-corrected chi connectivity index (χ2v) is 5.60. The van der Waals surface area contributed by atoms with E-state index in [0.29, 0.717) is 22.8 Å². The lowest BCUT2D eigenvalue weighted by Gasteiger charge is -2.09. The van der Waals surface area contributed by atoms with Crippen molar-refractivity contribution in [1.82, 2.24) is 5.43 Å². The van der Waals surface area contributed by atoms with Gasteiger partial charge in [0.1, 0.15) is 5.75 Å².